The number of carbonyl (C=O) groups excluding carboxylic acids is 1. The highest BCUT2D eigenvalue weighted by Crippen LogP contribution is 2.21. The first kappa shape index (κ1) is 18.4. The van der Waals surface area contributed by atoms with Gasteiger partial charge in [0.25, 0.3) is 5.91 Å². The van der Waals surface area contributed by atoms with Gasteiger partial charge in [-0.2, -0.15) is 0 Å². The number of ether oxygens (including phenoxy) is 2. The predicted octanol–water partition coefficient (Wildman–Crippen LogP) is 4.26. The molecule has 128 valence electrons. The number of aryl methyl sites for hydroxylation is 1. The lowest BCUT2D eigenvalue weighted by Gasteiger charge is -2.15. The molecule has 2 aromatic carbocycles. The van der Waals surface area contributed by atoms with Crippen LogP contribution in [0.1, 0.15) is 12.5 Å². The Bertz CT molecular complexity index is 706. The molecule has 1 unspecified atom stereocenters. The van der Waals surface area contributed by atoms with Crippen LogP contribution in [0, 0.1) is 6.92 Å². The third kappa shape index (κ3) is 5.62. The van der Waals surface area contributed by atoms with Crippen molar-refractivity contribution in [1.82, 2.24) is 5.32 Å². The van der Waals surface area contributed by atoms with Crippen molar-refractivity contribution in [2.45, 2.75) is 20.0 Å². The summed E-state index contributed by atoms with van der Waals surface area (Å²) >= 11 is 11.9. The van der Waals surface area contributed by atoms with Crippen LogP contribution in [-0.4, -0.2) is 25.2 Å². The lowest BCUT2D eigenvalue weighted by Crippen LogP contribution is -2.38. The van der Waals surface area contributed by atoms with Gasteiger partial charge in [0.2, 0.25) is 0 Å². The van der Waals surface area contributed by atoms with Crippen LogP contribution >= 0.6 is 23.2 Å². The minimum absolute atomic E-state index is 0.222. The summed E-state index contributed by atoms with van der Waals surface area (Å²) in [5.74, 6) is 0.999. The average molecular weight is 368 g/mol. The maximum atomic E-state index is 12.0. The molecular weight excluding hydrogens is 349 g/mol. The summed E-state index contributed by atoms with van der Waals surface area (Å²) in [4.78, 5) is 12.0. The third-order valence-electron chi connectivity index (χ3n) is 3.29. The van der Waals surface area contributed by atoms with Crippen LogP contribution < -0.4 is 14.8 Å². The Kier molecular flexibility index (Phi) is 6.76. The van der Waals surface area contributed by atoms with Crippen LogP contribution in [0.5, 0.6) is 11.5 Å². The number of nitrogens with one attached hydrogen (secondary N) is 1. The monoisotopic (exact) mass is 367 g/mol. The van der Waals surface area contributed by atoms with Crippen molar-refractivity contribution >= 4 is 29.1 Å². The van der Waals surface area contributed by atoms with E-state index in [0.717, 1.165) is 5.56 Å². The molecular formula is C18H19Cl2NO3. The molecule has 1 atom stereocenters. The maximum absolute atomic E-state index is 12.0. The van der Waals surface area contributed by atoms with Gasteiger partial charge in [-0.1, -0.05) is 35.3 Å². The van der Waals surface area contributed by atoms with E-state index in [0.29, 0.717) is 34.7 Å². The molecule has 0 fully saturated rings. The number of halogens is 2. The summed E-state index contributed by atoms with van der Waals surface area (Å²) in [5, 5.41) is 3.97. The van der Waals surface area contributed by atoms with Crippen LogP contribution in [-0.2, 0) is 4.79 Å². The summed E-state index contributed by atoms with van der Waals surface area (Å²) in [6, 6.07) is 12.4. The van der Waals surface area contributed by atoms with Crippen molar-refractivity contribution in [2.24, 2.45) is 0 Å². The molecule has 2 aromatic rings. The smallest absolute Gasteiger partial charge is 0.260 e. The second kappa shape index (κ2) is 8.81. The van der Waals surface area contributed by atoms with E-state index in [1.165, 1.54) is 0 Å². The number of hydrogen-bond acceptors (Lipinski definition) is 3. The summed E-state index contributed by atoms with van der Waals surface area (Å²) in [7, 11) is 0. The van der Waals surface area contributed by atoms with Crippen LogP contribution in [0.15, 0.2) is 42.5 Å². The maximum Gasteiger partial charge on any atom is 0.260 e. The normalized spacial score (nSPS) is 11.7. The highest BCUT2D eigenvalue weighted by Gasteiger charge is 2.14. The number of carbonyl (C=O) groups is 1. The summed E-state index contributed by atoms with van der Waals surface area (Å²) < 4.78 is 11.1. The van der Waals surface area contributed by atoms with E-state index in [9.17, 15) is 4.79 Å². The summed E-state index contributed by atoms with van der Waals surface area (Å²) in [5.41, 5.74) is 0.990. The standard InChI is InChI=1S/C18H19Cl2NO3/c1-12-6-7-15(11-17(12)20)23-9-8-21-18(22)13(2)24-16-5-3-4-14(19)10-16/h3-7,10-11,13H,8-9H2,1-2H3,(H,21,22). The zero-order chi connectivity index (χ0) is 17.5. The van der Waals surface area contributed by atoms with E-state index in [1.54, 1.807) is 37.3 Å². The Morgan fingerprint density at radius 2 is 1.96 bits per heavy atom. The summed E-state index contributed by atoms with van der Waals surface area (Å²) in [6.07, 6.45) is -0.628. The van der Waals surface area contributed by atoms with Crippen molar-refractivity contribution in [2.75, 3.05) is 13.2 Å². The molecule has 24 heavy (non-hydrogen) atoms. The Morgan fingerprint density at radius 1 is 1.17 bits per heavy atom. The molecule has 1 amide bonds. The molecule has 0 spiro atoms. The Morgan fingerprint density at radius 3 is 2.67 bits per heavy atom. The van der Waals surface area contributed by atoms with E-state index in [-0.39, 0.29) is 5.91 Å². The van der Waals surface area contributed by atoms with E-state index in [1.807, 2.05) is 19.1 Å². The summed E-state index contributed by atoms with van der Waals surface area (Å²) in [6.45, 7) is 4.31. The van der Waals surface area contributed by atoms with Gasteiger partial charge in [-0.05, 0) is 49.7 Å². The largest absolute Gasteiger partial charge is 0.492 e. The molecule has 0 aromatic heterocycles. The van der Waals surface area contributed by atoms with Crippen LogP contribution in [0.2, 0.25) is 10.0 Å². The number of rotatable bonds is 7. The lowest BCUT2D eigenvalue weighted by molar-refractivity contribution is -0.127. The first-order valence-electron chi connectivity index (χ1n) is 7.54. The van der Waals surface area contributed by atoms with Gasteiger partial charge in [-0.25, -0.2) is 0 Å². The van der Waals surface area contributed by atoms with Crippen molar-refractivity contribution < 1.29 is 14.3 Å². The fourth-order valence-electron chi connectivity index (χ4n) is 1.95. The van der Waals surface area contributed by atoms with Gasteiger partial charge in [0.1, 0.15) is 18.1 Å². The van der Waals surface area contributed by atoms with Crippen LogP contribution in [0.3, 0.4) is 0 Å². The molecule has 0 saturated heterocycles. The predicted molar refractivity (Wildman–Crippen MR) is 96.2 cm³/mol. The van der Waals surface area contributed by atoms with Gasteiger partial charge in [0.15, 0.2) is 6.10 Å². The molecule has 2 rings (SSSR count). The van der Waals surface area contributed by atoms with E-state index in [2.05, 4.69) is 5.32 Å². The zero-order valence-electron chi connectivity index (χ0n) is 13.5. The number of benzene rings is 2. The molecule has 0 aliphatic rings. The topological polar surface area (TPSA) is 47.6 Å². The molecule has 4 nitrogen and oxygen atoms in total. The van der Waals surface area contributed by atoms with Crippen LogP contribution in [0.25, 0.3) is 0 Å². The van der Waals surface area contributed by atoms with Crippen molar-refractivity contribution in [1.29, 1.82) is 0 Å². The fraction of sp³-hybridized carbons (Fsp3) is 0.278. The molecule has 0 saturated carbocycles. The minimum atomic E-state index is -0.628. The van der Waals surface area contributed by atoms with Crippen molar-refractivity contribution in [3.8, 4) is 11.5 Å². The third-order valence-corrected chi connectivity index (χ3v) is 3.93. The van der Waals surface area contributed by atoms with E-state index in [4.69, 9.17) is 32.7 Å². The average Bonchev–Trinajstić information content (AvgIpc) is 2.54. The molecule has 0 aliphatic carbocycles. The number of amides is 1. The first-order chi connectivity index (χ1) is 11.5. The van der Waals surface area contributed by atoms with Gasteiger partial charge < -0.3 is 14.8 Å². The first-order valence-corrected chi connectivity index (χ1v) is 8.30. The Labute approximate surface area is 151 Å². The highest BCUT2D eigenvalue weighted by molar-refractivity contribution is 6.31. The quantitative estimate of drug-likeness (QED) is 0.743. The molecule has 0 heterocycles. The zero-order valence-corrected chi connectivity index (χ0v) is 15.0. The molecule has 0 radical (unpaired) electrons. The van der Waals surface area contributed by atoms with E-state index >= 15 is 0 Å². The van der Waals surface area contributed by atoms with Crippen molar-refractivity contribution in [3.05, 3.63) is 58.1 Å². The number of hydrogen-bond donors (Lipinski definition) is 1. The Balaban J connectivity index is 1.73. The molecule has 1 N–H and O–H groups in total. The van der Waals surface area contributed by atoms with Gasteiger partial charge in [0, 0.05) is 10.0 Å². The van der Waals surface area contributed by atoms with Crippen molar-refractivity contribution in [3.63, 3.8) is 0 Å². The SMILES string of the molecule is Cc1ccc(OCCNC(=O)C(C)Oc2cccc(Cl)c2)cc1Cl. The minimum Gasteiger partial charge on any atom is -0.492 e. The van der Waals surface area contributed by atoms with E-state index < -0.39 is 6.10 Å². The lowest BCUT2D eigenvalue weighted by atomic mass is 10.2. The Hall–Kier alpha value is -1.91. The van der Waals surface area contributed by atoms with Gasteiger partial charge in [-0.15, -0.1) is 0 Å². The van der Waals surface area contributed by atoms with Gasteiger partial charge in [-0.3, -0.25) is 4.79 Å². The second-order valence-corrected chi connectivity index (χ2v) is 6.11. The van der Waals surface area contributed by atoms with Gasteiger partial charge >= 0.3 is 0 Å². The molecule has 6 heteroatoms. The highest BCUT2D eigenvalue weighted by atomic mass is 35.5. The second-order valence-electron chi connectivity index (χ2n) is 5.27. The molecule has 0 aliphatic heterocycles. The van der Waals surface area contributed by atoms with Gasteiger partial charge in [0.05, 0.1) is 6.54 Å². The molecule has 0 bridgehead atoms. The fourth-order valence-corrected chi connectivity index (χ4v) is 2.30. The van der Waals surface area contributed by atoms with Crippen LogP contribution in [0.4, 0.5) is 0 Å².